The van der Waals surface area contributed by atoms with Crippen molar-refractivity contribution in [3.8, 4) is 0 Å². The van der Waals surface area contributed by atoms with Crippen LogP contribution in [0.2, 0.25) is 0 Å². The summed E-state index contributed by atoms with van der Waals surface area (Å²) in [5, 5.41) is 11.5. The third-order valence-corrected chi connectivity index (χ3v) is 10.9. The van der Waals surface area contributed by atoms with Crippen molar-refractivity contribution in [2.24, 2.45) is 23.7 Å². The van der Waals surface area contributed by atoms with Crippen molar-refractivity contribution in [1.82, 2.24) is 4.90 Å². The molecule has 1 N–H and O–H groups in total. The lowest BCUT2D eigenvalue weighted by molar-refractivity contribution is -0.296. The summed E-state index contributed by atoms with van der Waals surface area (Å²) in [6, 6.07) is 9.39. The van der Waals surface area contributed by atoms with Crippen molar-refractivity contribution >= 4 is 29.8 Å². The first-order valence-corrected chi connectivity index (χ1v) is 18.1. The number of Topliss-reactive ketones (excluding diaryl/α,β-unsaturated/α-hetero) is 2. The summed E-state index contributed by atoms with van der Waals surface area (Å²) in [4.78, 5) is 56.7. The van der Waals surface area contributed by atoms with Crippen molar-refractivity contribution < 1.29 is 52.7 Å². The number of esters is 1. The Balaban J connectivity index is 1.80. The van der Waals surface area contributed by atoms with Gasteiger partial charge in [-0.15, -0.1) is 0 Å². The number of likely N-dealkylation sites (N-methyl/N-ethyl adjacent to an activating group) is 1. The van der Waals surface area contributed by atoms with Crippen LogP contribution in [0.25, 0.3) is 6.08 Å². The van der Waals surface area contributed by atoms with Gasteiger partial charge in [-0.1, -0.05) is 70.2 Å². The van der Waals surface area contributed by atoms with Crippen LogP contribution >= 0.6 is 0 Å². The maximum atomic E-state index is 14.3. The summed E-state index contributed by atoms with van der Waals surface area (Å²) in [5.74, 6) is -5.30. The Bertz CT molecular complexity index is 1420. The summed E-state index contributed by atoms with van der Waals surface area (Å²) in [5.41, 5.74) is -1.85. The van der Waals surface area contributed by atoms with E-state index >= 15 is 0 Å². The molecule has 0 radical (unpaired) electrons. The van der Waals surface area contributed by atoms with Crippen LogP contribution in [0.15, 0.2) is 36.4 Å². The molecule has 0 aromatic heterocycles. The van der Waals surface area contributed by atoms with Gasteiger partial charge in [0.05, 0.1) is 30.3 Å². The number of rotatable bonds is 8. The van der Waals surface area contributed by atoms with Gasteiger partial charge in [0.25, 0.3) is 0 Å². The number of aliphatic hydroxyl groups excluding tert-OH is 1. The summed E-state index contributed by atoms with van der Waals surface area (Å²) in [6.07, 6.45) is -1.98. The molecule has 0 saturated carbocycles. The molecule has 284 valence electrons. The zero-order valence-electron chi connectivity index (χ0n) is 31.7. The Labute approximate surface area is 302 Å². The predicted octanol–water partition coefficient (Wildman–Crippen LogP) is 4.99. The third kappa shape index (κ3) is 8.90. The molecule has 13 atom stereocenters. The van der Waals surface area contributed by atoms with E-state index in [-0.39, 0.29) is 37.4 Å². The molecule has 1 aromatic rings. The maximum absolute atomic E-state index is 14.3. The van der Waals surface area contributed by atoms with Crippen LogP contribution in [0.4, 0.5) is 4.79 Å². The number of carbonyl (C=O) groups excluding carboxylic acids is 4. The van der Waals surface area contributed by atoms with Crippen molar-refractivity contribution in [3.63, 3.8) is 0 Å². The van der Waals surface area contributed by atoms with Crippen molar-refractivity contribution in [1.29, 1.82) is 0 Å². The monoisotopic (exact) mass is 715 g/mol. The van der Waals surface area contributed by atoms with E-state index in [0.717, 1.165) is 5.56 Å². The van der Waals surface area contributed by atoms with E-state index in [1.807, 2.05) is 68.4 Å². The fourth-order valence-corrected chi connectivity index (χ4v) is 7.98. The highest BCUT2D eigenvalue weighted by Crippen LogP contribution is 2.42. The van der Waals surface area contributed by atoms with Gasteiger partial charge in [-0.25, -0.2) is 4.79 Å². The minimum atomic E-state index is -1.48. The van der Waals surface area contributed by atoms with Gasteiger partial charge in [0.15, 0.2) is 23.8 Å². The topological polar surface area (TPSA) is 147 Å². The molecule has 0 aliphatic carbocycles. The summed E-state index contributed by atoms with van der Waals surface area (Å²) >= 11 is 0. The second-order valence-electron chi connectivity index (χ2n) is 15.2. The number of benzene rings is 1. The molecule has 3 fully saturated rings. The fraction of sp³-hybridized carbons (Fsp3) is 0.692. The molecule has 0 unspecified atom stereocenters. The first-order valence-electron chi connectivity index (χ1n) is 18.1. The lowest BCUT2D eigenvalue weighted by atomic mass is 9.74. The predicted molar refractivity (Wildman–Crippen MR) is 188 cm³/mol. The van der Waals surface area contributed by atoms with Crippen LogP contribution in [0.1, 0.15) is 80.2 Å². The highest BCUT2D eigenvalue weighted by atomic mass is 16.8. The van der Waals surface area contributed by atoms with Gasteiger partial charge in [-0.05, 0) is 66.6 Å². The average molecular weight is 716 g/mol. The van der Waals surface area contributed by atoms with Gasteiger partial charge < -0.3 is 38.4 Å². The number of hydrogen-bond donors (Lipinski definition) is 1. The van der Waals surface area contributed by atoms with Crippen LogP contribution in [-0.4, -0.2) is 108 Å². The molecule has 0 amide bonds. The second kappa shape index (κ2) is 16.7. The van der Waals surface area contributed by atoms with E-state index in [1.54, 1.807) is 41.5 Å². The number of carbonyl (C=O) groups is 4. The van der Waals surface area contributed by atoms with Crippen LogP contribution in [0.5, 0.6) is 0 Å². The number of aliphatic hydroxyl groups is 1. The SMILES string of the molecule is CC[C@H]1OC(=O)[C@H](C)C(=O)[C@H](C)[C@@H](O[C@@H]2O[C@H](C)C[C@H](N(C)C)[C@H]2O)[C@](C)(OC/C=C/c2ccccc2)C[C@@H](C)C(=O)[C@H](C)[C@H]2OC(=O)O[C@@]21C. The lowest BCUT2D eigenvalue weighted by Gasteiger charge is -2.47. The average Bonchev–Trinajstić information content (AvgIpc) is 3.41. The van der Waals surface area contributed by atoms with Crippen molar-refractivity contribution in [2.45, 2.75) is 129 Å². The molecule has 4 rings (SSSR count). The smallest absolute Gasteiger partial charge is 0.457 e. The molecule has 0 spiro atoms. The Morgan fingerprint density at radius 2 is 1.63 bits per heavy atom. The first-order chi connectivity index (χ1) is 23.9. The Morgan fingerprint density at radius 3 is 2.25 bits per heavy atom. The summed E-state index contributed by atoms with van der Waals surface area (Å²) < 4.78 is 36.6. The maximum Gasteiger partial charge on any atom is 0.509 e. The van der Waals surface area contributed by atoms with Crippen LogP contribution in [-0.2, 0) is 42.8 Å². The summed E-state index contributed by atoms with van der Waals surface area (Å²) in [7, 11) is 3.73. The highest BCUT2D eigenvalue weighted by Gasteiger charge is 2.59. The molecule has 1 aromatic carbocycles. The molecule has 12 heteroatoms. The number of fused-ring (bicyclic) bond motifs is 1. The molecule has 3 saturated heterocycles. The summed E-state index contributed by atoms with van der Waals surface area (Å²) in [6.45, 7) is 13.7. The molecule has 51 heavy (non-hydrogen) atoms. The van der Waals surface area contributed by atoms with E-state index in [9.17, 15) is 24.3 Å². The molecule has 3 aliphatic heterocycles. The Hall–Kier alpha value is -3.16. The standard InChI is InChI=1S/C39H57NO11/c1-11-29-39(8)34(50-37(45)51-39)24(4)30(41)22(2)21-38(7,46-19-15-18-27-16-13-12-14-17-27)33(25(5)31(42)26(6)35(44)48-29)49-36-32(43)28(40(9)10)20-23(3)47-36/h12-18,22-26,28-29,32-34,36,43H,11,19-21H2,1-10H3/b18-15+/t22-,23-,24+,25+,26-,28+,29-,32-,33-,34-,36+,38-,39-/m1/s1. The zero-order chi connectivity index (χ0) is 37.8. The largest absolute Gasteiger partial charge is 0.509 e. The van der Waals surface area contributed by atoms with Crippen molar-refractivity contribution in [3.05, 3.63) is 42.0 Å². The third-order valence-electron chi connectivity index (χ3n) is 10.9. The molecular weight excluding hydrogens is 658 g/mol. The lowest BCUT2D eigenvalue weighted by Crippen LogP contribution is -2.60. The second-order valence-corrected chi connectivity index (χ2v) is 15.2. The van der Waals surface area contributed by atoms with Crippen LogP contribution in [0.3, 0.4) is 0 Å². The number of nitrogens with zero attached hydrogens (tertiary/aromatic N) is 1. The highest BCUT2D eigenvalue weighted by molar-refractivity contribution is 6.00. The molecule has 3 aliphatic rings. The van der Waals surface area contributed by atoms with Gasteiger partial charge in [-0.2, -0.15) is 0 Å². The quantitative estimate of drug-likeness (QED) is 0.286. The fourth-order valence-electron chi connectivity index (χ4n) is 7.98. The van der Waals surface area contributed by atoms with E-state index in [4.69, 9.17) is 28.4 Å². The zero-order valence-corrected chi connectivity index (χ0v) is 31.7. The molecular formula is C39H57NO11. The van der Waals surface area contributed by atoms with Gasteiger partial charge in [0, 0.05) is 17.9 Å². The van der Waals surface area contributed by atoms with Crippen LogP contribution < -0.4 is 0 Å². The molecule has 0 bridgehead atoms. The minimum absolute atomic E-state index is 0.0847. The Kier molecular flexibility index (Phi) is 13.3. The number of ketones is 2. The van der Waals surface area contributed by atoms with Gasteiger partial charge >= 0.3 is 12.1 Å². The molecule has 12 nitrogen and oxygen atoms in total. The van der Waals surface area contributed by atoms with Gasteiger partial charge in [-0.3, -0.25) is 14.4 Å². The van der Waals surface area contributed by atoms with Crippen LogP contribution in [0, 0.1) is 23.7 Å². The number of cyclic esters (lactones) is 1. The van der Waals surface area contributed by atoms with Crippen molar-refractivity contribution in [2.75, 3.05) is 20.7 Å². The van der Waals surface area contributed by atoms with E-state index in [2.05, 4.69) is 0 Å². The normalized spacial score (nSPS) is 40.0. The van der Waals surface area contributed by atoms with Gasteiger partial charge in [0.2, 0.25) is 0 Å². The number of hydrogen-bond acceptors (Lipinski definition) is 12. The molecule has 3 heterocycles. The van der Waals surface area contributed by atoms with E-state index in [1.165, 1.54) is 6.92 Å². The minimum Gasteiger partial charge on any atom is -0.457 e. The first kappa shape index (κ1) is 40.6. The Morgan fingerprint density at radius 1 is 0.961 bits per heavy atom. The van der Waals surface area contributed by atoms with Gasteiger partial charge in [0.1, 0.15) is 23.9 Å². The number of ether oxygens (including phenoxy) is 6. The van der Waals surface area contributed by atoms with E-state index < -0.39 is 83.5 Å². The van der Waals surface area contributed by atoms with E-state index in [0.29, 0.717) is 6.42 Å².